The van der Waals surface area contributed by atoms with E-state index in [4.69, 9.17) is 16.3 Å². The summed E-state index contributed by atoms with van der Waals surface area (Å²) in [4.78, 5) is 10.5. The van der Waals surface area contributed by atoms with Gasteiger partial charge in [0.25, 0.3) is 0 Å². The zero-order valence-electron chi connectivity index (χ0n) is 10.2. The molecule has 0 aliphatic rings. The summed E-state index contributed by atoms with van der Waals surface area (Å²) < 4.78 is 5.31. The number of aromatic nitrogens is 2. The van der Waals surface area contributed by atoms with Crippen LogP contribution in [-0.4, -0.2) is 36.8 Å². The normalized spacial score (nSPS) is 10.6. The van der Waals surface area contributed by atoms with Crippen LogP contribution in [0.3, 0.4) is 0 Å². The fraction of sp³-hybridized carbons (Fsp3) is 0.636. The molecule has 5 heteroatoms. The third kappa shape index (κ3) is 3.32. The summed E-state index contributed by atoms with van der Waals surface area (Å²) in [6.45, 7) is 7.96. The summed E-state index contributed by atoms with van der Waals surface area (Å²) >= 11 is 6.02. The summed E-state index contributed by atoms with van der Waals surface area (Å²) in [5.74, 6) is 1.56. The van der Waals surface area contributed by atoms with Crippen LogP contribution in [0.5, 0.6) is 0 Å². The minimum atomic E-state index is 0.519. The average molecular weight is 244 g/mol. The molecule has 90 valence electrons. The maximum atomic E-state index is 6.02. The van der Waals surface area contributed by atoms with Crippen LogP contribution < -0.4 is 4.90 Å². The summed E-state index contributed by atoms with van der Waals surface area (Å²) in [5.41, 5.74) is 0.909. The molecule has 1 heterocycles. The Balaban J connectivity index is 2.78. The number of aryl methyl sites for hydroxylation is 1. The van der Waals surface area contributed by atoms with E-state index in [1.807, 2.05) is 32.7 Å². The Morgan fingerprint density at radius 3 is 2.62 bits per heavy atom. The molecule has 0 aliphatic carbocycles. The molecular weight excluding hydrogens is 226 g/mol. The van der Waals surface area contributed by atoms with Crippen molar-refractivity contribution in [1.29, 1.82) is 0 Å². The largest absolute Gasteiger partial charge is 0.380 e. The SMILES string of the molecule is CCOCCN(C)c1nc(C)nc(Cl)c1C. The van der Waals surface area contributed by atoms with Crippen LogP contribution in [-0.2, 0) is 4.74 Å². The molecule has 0 radical (unpaired) electrons. The lowest BCUT2D eigenvalue weighted by molar-refractivity contribution is 0.154. The molecule has 1 aromatic rings. The molecule has 0 N–H and O–H groups in total. The Hall–Kier alpha value is -0.870. The van der Waals surface area contributed by atoms with Crippen molar-refractivity contribution >= 4 is 17.4 Å². The third-order valence-electron chi connectivity index (χ3n) is 2.31. The molecule has 0 fully saturated rings. The van der Waals surface area contributed by atoms with Crippen LogP contribution in [0, 0.1) is 13.8 Å². The van der Waals surface area contributed by atoms with E-state index in [1.54, 1.807) is 0 Å². The number of hydrogen-bond acceptors (Lipinski definition) is 4. The number of ether oxygens (including phenoxy) is 1. The maximum Gasteiger partial charge on any atom is 0.137 e. The molecule has 16 heavy (non-hydrogen) atoms. The van der Waals surface area contributed by atoms with Crippen LogP contribution in [0.1, 0.15) is 18.3 Å². The molecule has 0 aliphatic heterocycles. The van der Waals surface area contributed by atoms with Gasteiger partial charge in [-0.15, -0.1) is 0 Å². The van der Waals surface area contributed by atoms with Crippen LogP contribution in [0.4, 0.5) is 5.82 Å². The number of hydrogen-bond donors (Lipinski definition) is 0. The zero-order valence-corrected chi connectivity index (χ0v) is 11.0. The first-order chi connectivity index (χ1) is 7.56. The highest BCUT2D eigenvalue weighted by molar-refractivity contribution is 6.30. The lowest BCUT2D eigenvalue weighted by atomic mass is 10.3. The predicted octanol–water partition coefficient (Wildman–Crippen LogP) is 2.22. The Morgan fingerprint density at radius 1 is 1.31 bits per heavy atom. The monoisotopic (exact) mass is 243 g/mol. The summed E-state index contributed by atoms with van der Waals surface area (Å²) in [6, 6.07) is 0. The average Bonchev–Trinajstić information content (AvgIpc) is 2.23. The van der Waals surface area contributed by atoms with Gasteiger partial charge in [0.2, 0.25) is 0 Å². The lowest BCUT2D eigenvalue weighted by Crippen LogP contribution is -2.25. The summed E-state index contributed by atoms with van der Waals surface area (Å²) in [7, 11) is 1.98. The highest BCUT2D eigenvalue weighted by atomic mass is 35.5. The van der Waals surface area contributed by atoms with Crippen molar-refractivity contribution in [1.82, 2.24) is 9.97 Å². The van der Waals surface area contributed by atoms with Crippen molar-refractivity contribution in [3.8, 4) is 0 Å². The molecule has 0 bridgehead atoms. The highest BCUT2D eigenvalue weighted by Gasteiger charge is 2.11. The maximum absolute atomic E-state index is 6.02. The lowest BCUT2D eigenvalue weighted by Gasteiger charge is -2.20. The van der Waals surface area contributed by atoms with E-state index >= 15 is 0 Å². The third-order valence-corrected chi connectivity index (χ3v) is 2.68. The van der Waals surface area contributed by atoms with Gasteiger partial charge >= 0.3 is 0 Å². The Morgan fingerprint density at radius 2 is 2.00 bits per heavy atom. The van der Waals surface area contributed by atoms with Gasteiger partial charge in [-0.25, -0.2) is 9.97 Å². The van der Waals surface area contributed by atoms with E-state index in [0.717, 1.165) is 24.5 Å². The Labute approximate surface area is 102 Å². The predicted molar refractivity (Wildman–Crippen MR) is 66.3 cm³/mol. The molecule has 0 saturated carbocycles. The Kier molecular flexibility index (Phi) is 4.96. The standard InChI is InChI=1S/C11H18ClN3O/c1-5-16-7-6-15(4)11-8(2)10(12)13-9(3)14-11/h5-7H2,1-4H3. The van der Waals surface area contributed by atoms with Crippen molar-refractivity contribution in [2.45, 2.75) is 20.8 Å². The fourth-order valence-corrected chi connectivity index (χ4v) is 1.61. The molecule has 4 nitrogen and oxygen atoms in total. The minimum absolute atomic E-state index is 0.519. The molecule has 1 rings (SSSR count). The molecular formula is C11H18ClN3O. The van der Waals surface area contributed by atoms with Gasteiger partial charge in [0.05, 0.1) is 6.61 Å². The molecule has 1 aromatic heterocycles. The second-order valence-corrected chi connectivity index (χ2v) is 3.99. The molecule has 0 spiro atoms. The smallest absolute Gasteiger partial charge is 0.137 e. The molecule has 0 atom stereocenters. The minimum Gasteiger partial charge on any atom is -0.380 e. The van der Waals surface area contributed by atoms with Gasteiger partial charge in [0.15, 0.2) is 0 Å². The quantitative estimate of drug-likeness (QED) is 0.587. The van der Waals surface area contributed by atoms with E-state index in [-0.39, 0.29) is 0 Å². The van der Waals surface area contributed by atoms with Crippen molar-refractivity contribution in [3.63, 3.8) is 0 Å². The number of rotatable bonds is 5. The zero-order chi connectivity index (χ0) is 12.1. The van der Waals surface area contributed by atoms with Crippen LogP contribution in [0.25, 0.3) is 0 Å². The molecule has 0 aromatic carbocycles. The number of nitrogens with zero attached hydrogens (tertiary/aromatic N) is 3. The molecule has 0 unspecified atom stereocenters. The van der Waals surface area contributed by atoms with Crippen molar-refractivity contribution < 1.29 is 4.74 Å². The van der Waals surface area contributed by atoms with Crippen molar-refractivity contribution in [2.75, 3.05) is 31.7 Å². The van der Waals surface area contributed by atoms with Gasteiger partial charge in [-0.1, -0.05) is 11.6 Å². The van der Waals surface area contributed by atoms with Gasteiger partial charge < -0.3 is 9.64 Å². The first-order valence-electron chi connectivity index (χ1n) is 5.35. The second kappa shape index (κ2) is 6.01. The highest BCUT2D eigenvalue weighted by Crippen LogP contribution is 2.22. The van der Waals surface area contributed by atoms with Gasteiger partial charge in [-0.05, 0) is 20.8 Å². The van der Waals surface area contributed by atoms with Crippen molar-refractivity contribution in [3.05, 3.63) is 16.5 Å². The number of likely N-dealkylation sites (N-methyl/N-ethyl adjacent to an activating group) is 1. The first-order valence-corrected chi connectivity index (χ1v) is 5.73. The summed E-state index contributed by atoms with van der Waals surface area (Å²) in [5, 5.41) is 0.519. The van der Waals surface area contributed by atoms with E-state index in [9.17, 15) is 0 Å². The van der Waals surface area contributed by atoms with Gasteiger partial charge in [-0.2, -0.15) is 0 Å². The van der Waals surface area contributed by atoms with E-state index in [2.05, 4.69) is 9.97 Å². The van der Waals surface area contributed by atoms with Crippen LogP contribution in [0.2, 0.25) is 5.15 Å². The molecule has 0 amide bonds. The number of anilines is 1. The Bertz CT molecular complexity index is 357. The first kappa shape index (κ1) is 13.2. The van der Waals surface area contributed by atoms with E-state index in [0.29, 0.717) is 17.6 Å². The van der Waals surface area contributed by atoms with Crippen LogP contribution in [0.15, 0.2) is 0 Å². The van der Waals surface area contributed by atoms with Gasteiger partial charge in [-0.3, -0.25) is 0 Å². The topological polar surface area (TPSA) is 38.2 Å². The van der Waals surface area contributed by atoms with E-state index < -0.39 is 0 Å². The number of halogens is 1. The molecule has 0 saturated heterocycles. The van der Waals surface area contributed by atoms with Gasteiger partial charge in [0, 0.05) is 25.8 Å². The van der Waals surface area contributed by atoms with Crippen LogP contribution >= 0.6 is 11.6 Å². The fourth-order valence-electron chi connectivity index (χ4n) is 1.40. The summed E-state index contributed by atoms with van der Waals surface area (Å²) in [6.07, 6.45) is 0. The second-order valence-electron chi connectivity index (χ2n) is 3.63. The van der Waals surface area contributed by atoms with Crippen molar-refractivity contribution in [2.24, 2.45) is 0 Å². The van der Waals surface area contributed by atoms with E-state index in [1.165, 1.54) is 0 Å². The van der Waals surface area contributed by atoms with Gasteiger partial charge in [0.1, 0.15) is 16.8 Å².